The van der Waals surface area contributed by atoms with Crippen LogP contribution < -0.4 is 14.8 Å². The molecule has 0 spiro atoms. The fraction of sp³-hybridized carbons (Fsp3) is 0.158. The summed E-state index contributed by atoms with van der Waals surface area (Å²) in [7, 11) is 1.51. The van der Waals surface area contributed by atoms with Gasteiger partial charge in [0.1, 0.15) is 5.82 Å². The number of benzene rings is 2. The molecule has 1 heterocycles. The first kappa shape index (κ1) is 19.3. The Hall–Kier alpha value is -2.51. The van der Waals surface area contributed by atoms with Gasteiger partial charge in [-0.1, -0.05) is 11.6 Å². The van der Waals surface area contributed by atoms with E-state index in [1.54, 1.807) is 18.2 Å². The van der Waals surface area contributed by atoms with Crippen molar-refractivity contribution in [3.63, 3.8) is 0 Å². The van der Waals surface area contributed by atoms with Gasteiger partial charge >= 0.3 is 0 Å². The van der Waals surface area contributed by atoms with Crippen LogP contribution in [0.1, 0.15) is 12.5 Å². The highest BCUT2D eigenvalue weighted by molar-refractivity contribution is 8.18. The highest BCUT2D eigenvalue weighted by atomic mass is 35.5. The van der Waals surface area contributed by atoms with Crippen molar-refractivity contribution in [3.8, 4) is 11.5 Å². The molecule has 2 aromatic rings. The number of nitrogens with one attached hydrogen (secondary N) is 1. The van der Waals surface area contributed by atoms with E-state index < -0.39 is 0 Å². The van der Waals surface area contributed by atoms with E-state index in [1.807, 2.05) is 6.92 Å². The highest BCUT2D eigenvalue weighted by Gasteiger charge is 2.24. The quantitative estimate of drug-likeness (QED) is 0.726. The van der Waals surface area contributed by atoms with Gasteiger partial charge in [-0.2, -0.15) is 0 Å². The van der Waals surface area contributed by atoms with Crippen LogP contribution >= 0.6 is 23.4 Å². The zero-order valence-corrected chi connectivity index (χ0v) is 16.2. The van der Waals surface area contributed by atoms with Crippen LogP contribution in [0.2, 0.25) is 5.02 Å². The Labute approximate surface area is 165 Å². The molecule has 140 valence electrons. The molecule has 0 unspecified atom stereocenters. The van der Waals surface area contributed by atoms with Crippen molar-refractivity contribution in [2.24, 2.45) is 4.99 Å². The molecule has 3 rings (SSSR count). The number of carbonyl (C=O) groups excluding carboxylic acids is 1. The number of hydrogen-bond acceptors (Lipinski definition) is 5. The molecule has 0 aromatic heterocycles. The van der Waals surface area contributed by atoms with Crippen LogP contribution in [-0.2, 0) is 4.79 Å². The second-order valence-corrected chi connectivity index (χ2v) is 6.86. The Bertz CT molecular complexity index is 929. The summed E-state index contributed by atoms with van der Waals surface area (Å²) in [4.78, 5) is 17.0. The molecule has 1 aliphatic rings. The lowest BCUT2D eigenvalue weighted by molar-refractivity contribution is -0.115. The van der Waals surface area contributed by atoms with Crippen LogP contribution in [0.5, 0.6) is 11.5 Å². The largest absolute Gasteiger partial charge is 0.491 e. The molecule has 1 aliphatic heterocycles. The molecule has 27 heavy (non-hydrogen) atoms. The SMILES string of the molecule is CCOc1cc(/C=C2/SC(=Nc3ccc(F)cc3)NC2=O)cc(Cl)c1OC. The van der Waals surface area contributed by atoms with E-state index in [4.69, 9.17) is 21.1 Å². The summed E-state index contributed by atoms with van der Waals surface area (Å²) in [5.41, 5.74) is 1.25. The highest BCUT2D eigenvalue weighted by Crippen LogP contribution is 2.38. The summed E-state index contributed by atoms with van der Waals surface area (Å²) in [6, 6.07) is 9.14. The number of halogens is 2. The molecule has 8 heteroatoms. The van der Waals surface area contributed by atoms with Gasteiger partial charge < -0.3 is 14.8 Å². The average molecular weight is 407 g/mol. The van der Waals surface area contributed by atoms with E-state index >= 15 is 0 Å². The van der Waals surface area contributed by atoms with Gasteiger partial charge in [0.25, 0.3) is 5.91 Å². The number of thioether (sulfide) groups is 1. The van der Waals surface area contributed by atoms with Gasteiger partial charge in [-0.15, -0.1) is 0 Å². The van der Waals surface area contributed by atoms with E-state index in [-0.39, 0.29) is 11.7 Å². The number of methoxy groups -OCH3 is 1. The summed E-state index contributed by atoms with van der Waals surface area (Å²) in [5, 5.41) is 3.49. The molecule has 0 bridgehead atoms. The molecule has 0 saturated carbocycles. The van der Waals surface area contributed by atoms with Crippen molar-refractivity contribution in [1.29, 1.82) is 0 Å². The van der Waals surface area contributed by atoms with Gasteiger partial charge in [-0.25, -0.2) is 9.38 Å². The van der Waals surface area contributed by atoms with Crippen LogP contribution in [0.15, 0.2) is 46.3 Å². The maximum absolute atomic E-state index is 13.0. The number of amides is 1. The maximum atomic E-state index is 13.0. The normalized spacial score (nSPS) is 16.7. The number of aliphatic imine (C=N–C) groups is 1. The van der Waals surface area contributed by atoms with Crippen LogP contribution in [0.4, 0.5) is 10.1 Å². The summed E-state index contributed by atoms with van der Waals surface area (Å²) in [6.45, 7) is 2.31. The summed E-state index contributed by atoms with van der Waals surface area (Å²) in [5.74, 6) is 0.334. The van der Waals surface area contributed by atoms with Crippen LogP contribution in [0.25, 0.3) is 6.08 Å². The molecule has 2 aromatic carbocycles. The van der Waals surface area contributed by atoms with E-state index in [9.17, 15) is 9.18 Å². The number of ether oxygens (including phenoxy) is 2. The lowest BCUT2D eigenvalue weighted by Crippen LogP contribution is -2.19. The predicted molar refractivity (Wildman–Crippen MR) is 106 cm³/mol. The molecule has 1 fully saturated rings. The monoisotopic (exact) mass is 406 g/mol. The lowest BCUT2D eigenvalue weighted by Gasteiger charge is -2.11. The van der Waals surface area contributed by atoms with Crippen molar-refractivity contribution in [2.45, 2.75) is 6.92 Å². The molecular weight excluding hydrogens is 391 g/mol. The minimum atomic E-state index is -0.343. The van der Waals surface area contributed by atoms with Crippen LogP contribution in [0.3, 0.4) is 0 Å². The van der Waals surface area contributed by atoms with Crippen molar-refractivity contribution in [3.05, 3.63) is 57.7 Å². The number of hydrogen-bond donors (Lipinski definition) is 1. The van der Waals surface area contributed by atoms with Gasteiger partial charge in [0.05, 0.1) is 29.3 Å². The minimum absolute atomic E-state index is 0.272. The van der Waals surface area contributed by atoms with Crippen molar-refractivity contribution in [2.75, 3.05) is 13.7 Å². The van der Waals surface area contributed by atoms with Gasteiger partial charge in [0.2, 0.25) is 0 Å². The number of rotatable bonds is 5. The Morgan fingerprint density at radius 3 is 2.70 bits per heavy atom. The third-order valence-corrected chi connectivity index (χ3v) is 4.73. The van der Waals surface area contributed by atoms with E-state index in [0.29, 0.717) is 44.5 Å². The molecule has 0 atom stereocenters. The zero-order valence-electron chi connectivity index (χ0n) is 14.6. The molecule has 0 radical (unpaired) electrons. The first-order valence-corrected chi connectivity index (χ1v) is 9.25. The molecular formula is C19H16ClFN2O3S. The number of amidine groups is 1. The second-order valence-electron chi connectivity index (χ2n) is 5.43. The van der Waals surface area contributed by atoms with Crippen molar-refractivity contribution >= 4 is 46.2 Å². The topological polar surface area (TPSA) is 59.9 Å². The van der Waals surface area contributed by atoms with Gasteiger partial charge in [-0.05, 0) is 66.7 Å². The minimum Gasteiger partial charge on any atom is -0.491 e. The smallest absolute Gasteiger partial charge is 0.264 e. The second kappa shape index (κ2) is 8.45. The predicted octanol–water partition coefficient (Wildman–Crippen LogP) is 4.78. The summed E-state index contributed by atoms with van der Waals surface area (Å²) in [6.07, 6.45) is 1.70. The first-order valence-electron chi connectivity index (χ1n) is 8.05. The lowest BCUT2D eigenvalue weighted by atomic mass is 10.2. The van der Waals surface area contributed by atoms with Gasteiger partial charge in [0.15, 0.2) is 16.7 Å². The summed E-state index contributed by atoms with van der Waals surface area (Å²) >= 11 is 7.43. The maximum Gasteiger partial charge on any atom is 0.264 e. The van der Waals surface area contributed by atoms with E-state index in [0.717, 1.165) is 0 Å². The molecule has 0 aliphatic carbocycles. The molecule has 1 amide bonds. The average Bonchev–Trinajstić information content (AvgIpc) is 2.96. The van der Waals surface area contributed by atoms with Crippen LogP contribution in [0, 0.1) is 5.82 Å². The Balaban J connectivity index is 1.87. The van der Waals surface area contributed by atoms with Gasteiger partial charge in [-0.3, -0.25) is 4.79 Å². The van der Waals surface area contributed by atoms with E-state index in [2.05, 4.69) is 10.3 Å². The number of nitrogens with zero attached hydrogens (tertiary/aromatic N) is 1. The van der Waals surface area contributed by atoms with Crippen LogP contribution in [-0.4, -0.2) is 24.8 Å². The van der Waals surface area contributed by atoms with E-state index in [1.165, 1.54) is 43.1 Å². The summed E-state index contributed by atoms with van der Waals surface area (Å²) < 4.78 is 23.8. The molecule has 1 saturated heterocycles. The third-order valence-electron chi connectivity index (χ3n) is 3.54. The standard InChI is InChI=1S/C19H16ClFN2O3S/c1-3-26-15-9-11(8-14(20)17(15)25-2)10-16-18(24)23-19(27-16)22-13-6-4-12(21)5-7-13/h4-10H,3H2,1-2H3,(H,22,23,24)/b16-10+. The number of carbonyl (C=O) groups is 1. The molecule has 1 N–H and O–H groups in total. The van der Waals surface area contributed by atoms with Gasteiger partial charge in [0, 0.05) is 0 Å². The fourth-order valence-electron chi connectivity index (χ4n) is 2.40. The Morgan fingerprint density at radius 2 is 2.04 bits per heavy atom. The Kier molecular flexibility index (Phi) is 6.03. The van der Waals surface area contributed by atoms with Crippen molar-refractivity contribution < 1.29 is 18.7 Å². The molecule has 5 nitrogen and oxygen atoms in total. The third kappa shape index (κ3) is 4.61. The first-order chi connectivity index (χ1) is 13.0. The fourth-order valence-corrected chi connectivity index (χ4v) is 3.54. The Morgan fingerprint density at radius 1 is 1.30 bits per heavy atom. The van der Waals surface area contributed by atoms with Crippen molar-refractivity contribution in [1.82, 2.24) is 5.32 Å². The zero-order chi connectivity index (χ0) is 19.4.